The maximum absolute atomic E-state index is 12.9. The standard InChI is InChI=1S/C12H6ClF3N2O2/c13-11-6-7(18(19)20)5-10(17-11)8-3-1-2-4-9(8)12(14,15)16/h1-6H. The number of halogens is 4. The van der Waals surface area contributed by atoms with E-state index in [1.165, 1.54) is 18.2 Å². The Hall–Kier alpha value is -2.15. The van der Waals surface area contributed by atoms with Crippen molar-refractivity contribution in [1.29, 1.82) is 0 Å². The van der Waals surface area contributed by atoms with Gasteiger partial charge in [-0.05, 0) is 6.07 Å². The molecule has 4 nitrogen and oxygen atoms in total. The molecule has 104 valence electrons. The van der Waals surface area contributed by atoms with Crippen molar-refractivity contribution < 1.29 is 18.1 Å². The summed E-state index contributed by atoms with van der Waals surface area (Å²) in [6.07, 6.45) is -4.59. The second-order valence-corrected chi connectivity index (χ2v) is 4.22. The second-order valence-electron chi connectivity index (χ2n) is 3.83. The molecule has 0 radical (unpaired) electrons. The van der Waals surface area contributed by atoms with Gasteiger partial charge in [0.25, 0.3) is 5.69 Å². The van der Waals surface area contributed by atoms with E-state index in [-0.39, 0.29) is 16.4 Å². The maximum atomic E-state index is 12.9. The SMILES string of the molecule is O=[N+]([O-])c1cc(Cl)nc(-c2ccccc2C(F)(F)F)c1. The summed E-state index contributed by atoms with van der Waals surface area (Å²) in [5.41, 5.74) is -1.80. The minimum Gasteiger partial charge on any atom is -0.258 e. The normalized spacial score (nSPS) is 11.4. The number of aromatic nitrogens is 1. The van der Waals surface area contributed by atoms with Gasteiger partial charge in [-0.25, -0.2) is 4.98 Å². The summed E-state index contributed by atoms with van der Waals surface area (Å²) < 4.78 is 38.7. The topological polar surface area (TPSA) is 56.0 Å². The molecule has 0 aliphatic rings. The van der Waals surface area contributed by atoms with Gasteiger partial charge in [-0.15, -0.1) is 0 Å². The zero-order valence-electron chi connectivity index (χ0n) is 9.69. The van der Waals surface area contributed by atoms with Gasteiger partial charge in [0.15, 0.2) is 0 Å². The Morgan fingerprint density at radius 2 is 1.85 bits per heavy atom. The molecule has 0 spiro atoms. The lowest BCUT2D eigenvalue weighted by molar-refractivity contribution is -0.384. The lowest BCUT2D eigenvalue weighted by atomic mass is 10.0. The van der Waals surface area contributed by atoms with Crippen molar-refractivity contribution in [1.82, 2.24) is 4.98 Å². The van der Waals surface area contributed by atoms with E-state index < -0.39 is 22.4 Å². The average molecular weight is 303 g/mol. The predicted octanol–water partition coefficient (Wildman–Crippen LogP) is 4.33. The number of rotatable bonds is 2. The largest absolute Gasteiger partial charge is 0.417 e. The Morgan fingerprint density at radius 1 is 1.20 bits per heavy atom. The highest BCUT2D eigenvalue weighted by Crippen LogP contribution is 2.37. The van der Waals surface area contributed by atoms with E-state index in [0.29, 0.717) is 0 Å². The van der Waals surface area contributed by atoms with Crippen molar-refractivity contribution in [3.8, 4) is 11.3 Å². The highest BCUT2D eigenvalue weighted by molar-refractivity contribution is 6.29. The first-order valence-corrected chi connectivity index (χ1v) is 5.65. The minimum atomic E-state index is -4.59. The Bertz CT molecular complexity index is 674. The number of hydrogen-bond donors (Lipinski definition) is 0. The molecule has 0 amide bonds. The van der Waals surface area contributed by atoms with Crippen LogP contribution in [-0.4, -0.2) is 9.91 Å². The molecule has 1 aromatic carbocycles. The molecule has 0 fully saturated rings. The summed E-state index contributed by atoms with van der Waals surface area (Å²) in [7, 11) is 0. The summed E-state index contributed by atoms with van der Waals surface area (Å²) in [5.74, 6) is 0. The minimum absolute atomic E-state index is 0.197. The van der Waals surface area contributed by atoms with Gasteiger partial charge in [0.1, 0.15) is 5.15 Å². The molecule has 0 bridgehead atoms. The van der Waals surface area contributed by atoms with Crippen LogP contribution >= 0.6 is 11.6 Å². The van der Waals surface area contributed by atoms with Gasteiger partial charge >= 0.3 is 6.18 Å². The van der Waals surface area contributed by atoms with Crippen molar-refractivity contribution >= 4 is 17.3 Å². The highest BCUT2D eigenvalue weighted by Gasteiger charge is 2.34. The van der Waals surface area contributed by atoms with Gasteiger partial charge in [0.05, 0.1) is 22.2 Å². The van der Waals surface area contributed by atoms with Crippen LogP contribution in [0, 0.1) is 10.1 Å². The summed E-state index contributed by atoms with van der Waals surface area (Å²) in [4.78, 5) is 13.7. The van der Waals surface area contributed by atoms with E-state index >= 15 is 0 Å². The summed E-state index contributed by atoms with van der Waals surface area (Å²) in [6, 6.07) is 6.61. The first kappa shape index (κ1) is 14.3. The van der Waals surface area contributed by atoms with Crippen molar-refractivity contribution in [3.63, 3.8) is 0 Å². The lowest BCUT2D eigenvalue weighted by Crippen LogP contribution is -2.07. The Morgan fingerprint density at radius 3 is 2.45 bits per heavy atom. The van der Waals surface area contributed by atoms with Crippen molar-refractivity contribution in [3.05, 3.63) is 57.2 Å². The third kappa shape index (κ3) is 2.88. The molecule has 8 heteroatoms. The average Bonchev–Trinajstić information content (AvgIpc) is 2.37. The Kier molecular flexibility index (Phi) is 3.63. The molecule has 0 saturated heterocycles. The van der Waals surface area contributed by atoms with E-state index in [9.17, 15) is 23.3 Å². The van der Waals surface area contributed by atoms with Crippen LogP contribution in [0.25, 0.3) is 11.3 Å². The molecule has 0 aliphatic carbocycles. The van der Waals surface area contributed by atoms with Crippen LogP contribution in [0.2, 0.25) is 5.15 Å². The maximum Gasteiger partial charge on any atom is 0.417 e. The third-order valence-corrected chi connectivity index (χ3v) is 2.69. The zero-order valence-corrected chi connectivity index (χ0v) is 10.4. The Balaban J connectivity index is 2.66. The molecule has 20 heavy (non-hydrogen) atoms. The molecule has 0 saturated carbocycles. The summed E-state index contributed by atoms with van der Waals surface area (Å²) >= 11 is 5.61. The molecule has 0 unspecified atom stereocenters. The van der Waals surface area contributed by atoms with Crippen molar-refractivity contribution in [2.75, 3.05) is 0 Å². The number of nitrogens with zero attached hydrogens (tertiary/aromatic N) is 2. The van der Waals surface area contributed by atoms with Gasteiger partial charge in [-0.1, -0.05) is 29.8 Å². The molecular formula is C12H6ClF3N2O2. The van der Waals surface area contributed by atoms with Crippen LogP contribution in [0.5, 0.6) is 0 Å². The van der Waals surface area contributed by atoms with E-state index in [1.807, 2.05) is 0 Å². The summed E-state index contributed by atoms with van der Waals surface area (Å²) in [6.45, 7) is 0. The number of hydrogen-bond acceptors (Lipinski definition) is 3. The van der Waals surface area contributed by atoms with Gasteiger partial charge < -0.3 is 0 Å². The smallest absolute Gasteiger partial charge is 0.258 e. The fourth-order valence-electron chi connectivity index (χ4n) is 1.68. The lowest BCUT2D eigenvalue weighted by Gasteiger charge is -2.12. The molecule has 2 rings (SSSR count). The third-order valence-electron chi connectivity index (χ3n) is 2.50. The monoisotopic (exact) mass is 302 g/mol. The quantitative estimate of drug-likeness (QED) is 0.471. The molecule has 0 atom stereocenters. The van der Waals surface area contributed by atoms with E-state index in [2.05, 4.69) is 4.98 Å². The first-order valence-electron chi connectivity index (χ1n) is 5.27. The van der Waals surface area contributed by atoms with Crippen LogP contribution in [-0.2, 0) is 6.18 Å². The second kappa shape index (κ2) is 5.09. The van der Waals surface area contributed by atoms with Gasteiger partial charge in [-0.3, -0.25) is 10.1 Å². The molecular weight excluding hydrogens is 297 g/mol. The zero-order chi connectivity index (χ0) is 14.9. The van der Waals surface area contributed by atoms with E-state index in [0.717, 1.165) is 18.2 Å². The van der Waals surface area contributed by atoms with E-state index in [4.69, 9.17) is 11.6 Å². The van der Waals surface area contributed by atoms with Gasteiger partial charge in [-0.2, -0.15) is 13.2 Å². The Labute approximate surface area is 116 Å². The summed E-state index contributed by atoms with van der Waals surface area (Å²) in [5, 5.41) is 10.5. The highest BCUT2D eigenvalue weighted by atomic mass is 35.5. The molecule has 2 aromatic rings. The fraction of sp³-hybridized carbons (Fsp3) is 0.0833. The van der Waals surface area contributed by atoms with Gasteiger partial charge in [0.2, 0.25) is 0 Å². The van der Waals surface area contributed by atoms with E-state index in [1.54, 1.807) is 0 Å². The molecule has 1 heterocycles. The number of benzene rings is 1. The van der Waals surface area contributed by atoms with Crippen LogP contribution in [0.15, 0.2) is 36.4 Å². The number of pyridine rings is 1. The molecule has 0 N–H and O–H groups in total. The molecule has 0 aliphatic heterocycles. The van der Waals surface area contributed by atoms with Crippen LogP contribution in [0.3, 0.4) is 0 Å². The fourth-order valence-corrected chi connectivity index (χ4v) is 1.88. The number of alkyl halides is 3. The van der Waals surface area contributed by atoms with Crippen LogP contribution < -0.4 is 0 Å². The van der Waals surface area contributed by atoms with Gasteiger partial charge in [0, 0.05) is 11.6 Å². The van der Waals surface area contributed by atoms with Crippen LogP contribution in [0.4, 0.5) is 18.9 Å². The van der Waals surface area contributed by atoms with Crippen molar-refractivity contribution in [2.24, 2.45) is 0 Å². The first-order chi connectivity index (χ1) is 9.29. The number of nitro groups is 1. The van der Waals surface area contributed by atoms with Crippen LogP contribution in [0.1, 0.15) is 5.56 Å². The van der Waals surface area contributed by atoms with Crippen molar-refractivity contribution in [2.45, 2.75) is 6.18 Å². The molecule has 1 aromatic heterocycles. The predicted molar refractivity (Wildman–Crippen MR) is 66.3 cm³/mol.